The van der Waals surface area contributed by atoms with Crippen LogP contribution in [0, 0.1) is 0 Å². The summed E-state index contributed by atoms with van der Waals surface area (Å²) in [6, 6.07) is 11.4. The highest BCUT2D eigenvalue weighted by Crippen LogP contribution is 2.27. The van der Waals surface area contributed by atoms with Crippen LogP contribution in [0.4, 0.5) is 0 Å². The normalized spacial score (nSPS) is 22.1. The van der Waals surface area contributed by atoms with E-state index in [9.17, 15) is 4.79 Å². The Kier molecular flexibility index (Phi) is 8.53. The molecule has 0 radical (unpaired) electrons. The molecule has 2 aliphatic rings. The first-order valence-corrected chi connectivity index (χ1v) is 12.6. The number of nitrogens with zero attached hydrogens (tertiary/aromatic N) is 3. The van der Waals surface area contributed by atoms with Crippen LogP contribution < -0.4 is 4.74 Å². The number of hydrogen-bond acceptors (Lipinski definition) is 6. The van der Waals surface area contributed by atoms with Gasteiger partial charge < -0.3 is 23.7 Å². The van der Waals surface area contributed by atoms with Gasteiger partial charge in [-0.15, -0.1) is 0 Å². The molecule has 2 aliphatic heterocycles. The van der Waals surface area contributed by atoms with Gasteiger partial charge in [0.15, 0.2) is 0 Å². The number of rotatable bonds is 9. The Morgan fingerprint density at radius 2 is 1.79 bits per heavy atom. The van der Waals surface area contributed by atoms with Gasteiger partial charge in [-0.1, -0.05) is 18.5 Å². The lowest BCUT2D eigenvalue weighted by molar-refractivity contribution is -0.158. The Balaban J connectivity index is 1.45. The number of aryl methyl sites for hydroxylation is 1. The number of carbonyl (C=O) groups is 1. The number of halogens is 1. The summed E-state index contributed by atoms with van der Waals surface area (Å²) in [5, 5.41) is 0.660. The van der Waals surface area contributed by atoms with Crippen molar-refractivity contribution in [3.05, 3.63) is 52.9 Å². The van der Waals surface area contributed by atoms with Gasteiger partial charge in [-0.25, -0.2) is 0 Å². The summed E-state index contributed by atoms with van der Waals surface area (Å²) in [7, 11) is 2.09. The standard InChI is InChI=1S/C26H36ClN3O4/c1-3-4-23-9-10-24(34-23)18-29-15-16-33-26(19-29,20-32-22-7-5-21(27)6-8-22)17-25(31)30-13-11-28(2)12-14-30/h5-10H,3-4,11-20H2,1-2H3. The summed E-state index contributed by atoms with van der Waals surface area (Å²) in [4.78, 5) is 19.8. The molecule has 1 amide bonds. The average molecular weight is 490 g/mol. The highest BCUT2D eigenvalue weighted by Gasteiger charge is 2.41. The number of furan rings is 1. The van der Waals surface area contributed by atoms with E-state index in [-0.39, 0.29) is 5.91 Å². The van der Waals surface area contributed by atoms with E-state index in [1.54, 1.807) is 12.1 Å². The van der Waals surface area contributed by atoms with Crippen LogP contribution in [-0.2, 0) is 22.5 Å². The minimum Gasteiger partial charge on any atom is -0.491 e. The maximum absolute atomic E-state index is 13.3. The number of piperazine rings is 1. The Morgan fingerprint density at radius 3 is 2.53 bits per heavy atom. The molecule has 0 aliphatic carbocycles. The summed E-state index contributed by atoms with van der Waals surface area (Å²) in [5.74, 6) is 2.81. The van der Waals surface area contributed by atoms with E-state index < -0.39 is 5.60 Å². The van der Waals surface area contributed by atoms with Crippen molar-refractivity contribution in [2.75, 3.05) is 59.5 Å². The van der Waals surface area contributed by atoms with Crippen molar-refractivity contribution in [2.24, 2.45) is 0 Å². The minimum atomic E-state index is -0.725. The number of ether oxygens (including phenoxy) is 2. The third-order valence-electron chi connectivity index (χ3n) is 6.57. The molecule has 2 aromatic rings. The van der Waals surface area contributed by atoms with Crippen LogP contribution in [-0.4, -0.2) is 85.7 Å². The second-order valence-electron chi connectivity index (χ2n) is 9.46. The van der Waals surface area contributed by atoms with Gasteiger partial charge >= 0.3 is 0 Å². The van der Waals surface area contributed by atoms with E-state index >= 15 is 0 Å². The molecule has 1 unspecified atom stereocenters. The number of amides is 1. The van der Waals surface area contributed by atoms with Gasteiger partial charge in [0.2, 0.25) is 5.91 Å². The maximum atomic E-state index is 13.3. The van der Waals surface area contributed by atoms with Gasteiger partial charge in [0.25, 0.3) is 0 Å². The van der Waals surface area contributed by atoms with Crippen LogP contribution in [0.15, 0.2) is 40.8 Å². The van der Waals surface area contributed by atoms with Crippen LogP contribution in [0.2, 0.25) is 5.02 Å². The van der Waals surface area contributed by atoms with E-state index in [2.05, 4.69) is 35.9 Å². The molecule has 2 fully saturated rings. The Labute approximate surface area is 207 Å². The SMILES string of the molecule is CCCc1ccc(CN2CCOC(COc3ccc(Cl)cc3)(CC(=O)N3CCN(C)CC3)C2)o1. The summed E-state index contributed by atoms with van der Waals surface area (Å²) < 4.78 is 18.5. The van der Waals surface area contributed by atoms with Crippen molar-refractivity contribution in [1.82, 2.24) is 14.7 Å². The molecule has 186 valence electrons. The summed E-state index contributed by atoms with van der Waals surface area (Å²) in [6.45, 7) is 8.36. The predicted octanol–water partition coefficient (Wildman–Crippen LogP) is 3.70. The molecule has 2 saturated heterocycles. The van der Waals surface area contributed by atoms with E-state index in [0.29, 0.717) is 43.5 Å². The number of morpholine rings is 1. The molecule has 34 heavy (non-hydrogen) atoms. The second-order valence-corrected chi connectivity index (χ2v) is 9.90. The van der Waals surface area contributed by atoms with Gasteiger partial charge in [0.05, 0.1) is 19.6 Å². The van der Waals surface area contributed by atoms with Gasteiger partial charge in [-0.2, -0.15) is 0 Å². The van der Waals surface area contributed by atoms with Crippen molar-refractivity contribution < 1.29 is 18.7 Å². The van der Waals surface area contributed by atoms with Crippen LogP contribution >= 0.6 is 11.6 Å². The fraction of sp³-hybridized carbons (Fsp3) is 0.577. The van der Waals surface area contributed by atoms with E-state index in [4.69, 9.17) is 25.5 Å². The number of benzene rings is 1. The van der Waals surface area contributed by atoms with E-state index in [0.717, 1.165) is 57.1 Å². The molecule has 1 aromatic carbocycles. The zero-order valence-electron chi connectivity index (χ0n) is 20.3. The van der Waals surface area contributed by atoms with Crippen molar-refractivity contribution in [3.63, 3.8) is 0 Å². The predicted molar refractivity (Wildman–Crippen MR) is 132 cm³/mol. The summed E-state index contributed by atoms with van der Waals surface area (Å²) in [6.07, 6.45) is 2.30. The van der Waals surface area contributed by atoms with Crippen molar-refractivity contribution >= 4 is 17.5 Å². The molecule has 0 spiro atoms. The molecule has 0 saturated carbocycles. The summed E-state index contributed by atoms with van der Waals surface area (Å²) >= 11 is 6.02. The van der Waals surface area contributed by atoms with Crippen molar-refractivity contribution in [2.45, 2.75) is 38.3 Å². The van der Waals surface area contributed by atoms with Gasteiger partial charge in [0, 0.05) is 50.7 Å². The van der Waals surface area contributed by atoms with Crippen LogP contribution in [0.3, 0.4) is 0 Å². The number of hydrogen-bond donors (Lipinski definition) is 0. The molecular formula is C26H36ClN3O4. The zero-order valence-corrected chi connectivity index (χ0v) is 21.1. The van der Waals surface area contributed by atoms with Crippen LogP contribution in [0.1, 0.15) is 31.3 Å². The zero-order chi connectivity index (χ0) is 24.0. The van der Waals surface area contributed by atoms with Gasteiger partial charge in [-0.3, -0.25) is 9.69 Å². The lowest BCUT2D eigenvalue weighted by Gasteiger charge is -2.43. The molecule has 0 N–H and O–H groups in total. The average Bonchev–Trinajstić information content (AvgIpc) is 3.26. The maximum Gasteiger partial charge on any atom is 0.225 e. The lowest BCUT2D eigenvalue weighted by Crippen LogP contribution is -2.58. The quantitative estimate of drug-likeness (QED) is 0.535. The highest BCUT2D eigenvalue weighted by atomic mass is 35.5. The Hall–Kier alpha value is -2.06. The molecule has 1 atom stereocenters. The van der Waals surface area contributed by atoms with Gasteiger partial charge in [-0.05, 0) is 49.9 Å². The topological polar surface area (TPSA) is 58.4 Å². The number of likely N-dealkylation sites (N-methyl/N-ethyl adjacent to an activating group) is 1. The third-order valence-corrected chi connectivity index (χ3v) is 6.82. The first-order valence-electron chi connectivity index (χ1n) is 12.2. The first kappa shape index (κ1) is 25.0. The minimum absolute atomic E-state index is 0.123. The lowest BCUT2D eigenvalue weighted by atomic mass is 9.96. The fourth-order valence-electron chi connectivity index (χ4n) is 4.60. The van der Waals surface area contributed by atoms with Crippen LogP contribution in [0.25, 0.3) is 0 Å². The molecule has 3 heterocycles. The monoisotopic (exact) mass is 489 g/mol. The van der Waals surface area contributed by atoms with Crippen LogP contribution in [0.5, 0.6) is 5.75 Å². The van der Waals surface area contributed by atoms with E-state index in [1.165, 1.54) is 0 Å². The summed E-state index contributed by atoms with van der Waals surface area (Å²) in [5.41, 5.74) is -0.725. The third kappa shape index (κ3) is 6.75. The van der Waals surface area contributed by atoms with E-state index in [1.807, 2.05) is 17.0 Å². The van der Waals surface area contributed by atoms with Crippen molar-refractivity contribution in [1.29, 1.82) is 0 Å². The number of carbonyl (C=O) groups excluding carboxylic acids is 1. The molecule has 4 rings (SSSR count). The largest absolute Gasteiger partial charge is 0.491 e. The Bertz CT molecular complexity index is 926. The molecule has 7 nitrogen and oxygen atoms in total. The fourth-order valence-corrected chi connectivity index (χ4v) is 4.73. The molecule has 8 heteroatoms. The Morgan fingerprint density at radius 1 is 1.06 bits per heavy atom. The first-order chi connectivity index (χ1) is 16.4. The molecule has 1 aromatic heterocycles. The second kappa shape index (κ2) is 11.6. The van der Waals surface area contributed by atoms with Crippen molar-refractivity contribution in [3.8, 4) is 5.75 Å². The van der Waals surface area contributed by atoms with Gasteiger partial charge in [0.1, 0.15) is 29.5 Å². The molecular weight excluding hydrogens is 454 g/mol. The highest BCUT2D eigenvalue weighted by molar-refractivity contribution is 6.30. The molecule has 0 bridgehead atoms. The smallest absolute Gasteiger partial charge is 0.225 e.